The third-order valence-corrected chi connectivity index (χ3v) is 7.83. The Hall–Kier alpha value is -3.96. The summed E-state index contributed by atoms with van der Waals surface area (Å²) in [5, 5.41) is 31.5. The maximum absolute atomic E-state index is 12.2. The highest BCUT2D eigenvalue weighted by Gasteiger charge is 2.47. The summed E-state index contributed by atoms with van der Waals surface area (Å²) in [7, 11) is 0. The van der Waals surface area contributed by atoms with E-state index >= 15 is 0 Å². The zero-order chi connectivity index (χ0) is 24.8. The first-order valence-electron chi connectivity index (χ1n) is 12.0. The van der Waals surface area contributed by atoms with Crippen LogP contribution >= 0.6 is 11.6 Å². The number of aromatic amines is 1. The molecule has 3 aliphatic rings. The van der Waals surface area contributed by atoms with Crippen LogP contribution in [-0.4, -0.2) is 37.3 Å². The van der Waals surface area contributed by atoms with E-state index in [2.05, 4.69) is 21.6 Å². The fourth-order valence-corrected chi connectivity index (χ4v) is 6.00. The van der Waals surface area contributed by atoms with Gasteiger partial charge in [0, 0.05) is 28.1 Å². The zero-order valence-corrected chi connectivity index (χ0v) is 20.0. The molecule has 0 radical (unpaired) electrons. The van der Waals surface area contributed by atoms with Gasteiger partial charge in [0.25, 0.3) is 0 Å². The molecule has 0 amide bonds. The van der Waals surface area contributed by atoms with Crippen molar-refractivity contribution in [2.75, 3.05) is 5.32 Å². The van der Waals surface area contributed by atoms with Crippen LogP contribution in [0.2, 0.25) is 5.02 Å². The van der Waals surface area contributed by atoms with Gasteiger partial charge in [-0.1, -0.05) is 23.7 Å². The highest BCUT2D eigenvalue weighted by Crippen LogP contribution is 2.46. The number of aliphatic carboxylic acids is 1. The summed E-state index contributed by atoms with van der Waals surface area (Å²) >= 11 is 6.26. The zero-order valence-electron chi connectivity index (χ0n) is 19.3. The van der Waals surface area contributed by atoms with Crippen LogP contribution in [0, 0.1) is 29.1 Å². The molecular formula is C27H23ClN6O2. The molecule has 0 saturated heterocycles. The summed E-state index contributed by atoms with van der Waals surface area (Å²) in [6, 6.07) is 16.4. The summed E-state index contributed by atoms with van der Waals surface area (Å²) in [4.78, 5) is 21.8. The highest BCUT2D eigenvalue weighted by atomic mass is 35.5. The Morgan fingerprint density at radius 2 is 1.81 bits per heavy atom. The molecule has 2 heterocycles. The first-order valence-corrected chi connectivity index (χ1v) is 12.4. The second kappa shape index (κ2) is 8.92. The number of hydrogen-bond donors (Lipinski definition) is 3. The number of hydrogen-bond acceptors (Lipinski definition) is 6. The summed E-state index contributed by atoms with van der Waals surface area (Å²) in [6.45, 7) is 0. The summed E-state index contributed by atoms with van der Waals surface area (Å²) in [5.41, 5.74) is 3.40. The monoisotopic (exact) mass is 498 g/mol. The lowest BCUT2D eigenvalue weighted by Crippen LogP contribution is -2.51. The molecule has 2 atom stereocenters. The number of fused-ring (bicyclic) bond motifs is 4. The van der Waals surface area contributed by atoms with Gasteiger partial charge in [-0.3, -0.25) is 9.89 Å². The molecule has 4 aromatic rings. The number of H-pyrrole nitrogens is 1. The lowest BCUT2D eigenvalue weighted by atomic mass is 9.61. The second-order valence-electron chi connectivity index (χ2n) is 9.62. The number of nitrogens with zero attached hydrogens (tertiary/aromatic N) is 4. The molecule has 36 heavy (non-hydrogen) atoms. The Morgan fingerprint density at radius 1 is 1.06 bits per heavy atom. The van der Waals surface area contributed by atoms with Crippen LogP contribution in [0.4, 0.5) is 5.82 Å². The molecule has 3 aliphatic carbocycles. The van der Waals surface area contributed by atoms with Crippen molar-refractivity contribution in [1.82, 2.24) is 20.2 Å². The van der Waals surface area contributed by atoms with Gasteiger partial charge in [-0.15, -0.1) is 0 Å². The lowest BCUT2D eigenvalue weighted by molar-refractivity contribution is -0.148. The van der Waals surface area contributed by atoms with E-state index in [9.17, 15) is 15.2 Å². The summed E-state index contributed by atoms with van der Waals surface area (Å²) in [5.74, 6) is 0.234. The molecule has 2 aromatic heterocycles. The average Bonchev–Trinajstić information content (AvgIpc) is 3.32. The van der Waals surface area contributed by atoms with Gasteiger partial charge in [-0.05, 0) is 67.9 Å². The number of aromatic nitrogens is 4. The van der Waals surface area contributed by atoms with Gasteiger partial charge in [0.1, 0.15) is 11.5 Å². The molecule has 3 fully saturated rings. The van der Waals surface area contributed by atoms with Crippen molar-refractivity contribution in [3.63, 3.8) is 0 Å². The van der Waals surface area contributed by atoms with Crippen LogP contribution in [-0.2, 0) is 4.79 Å². The number of carboxylic acid groups (broad SMARTS) is 1. The predicted octanol–water partition coefficient (Wildman–Crippen LogP) is 5.51. The van der Waals surface area contributed by atoms with Crippen LogP contribution in [0.15, 0.2) is 48.5 Å². The van der Waals surface area contributed by atoms with E-state index in [1.165, 1.54) is 0 Å². The van der Waals surface area contributed by atoms with E-state index in [1.54, 1.807) is 18.2 Å². The molecular weight excluding hydrogens is 476 g/mol. The summed E-state index contributed by atoms with van der Waals surface area (Å²) < 4.78 is 0. The van der Waals surface area contributed by atoms with Gasteiger partial charge in [-0.25, -0.2) is 9.97 Å². The smallest absolute Gasteiger partial charge is 0.308 e. The van der Waals surface area contributed by atoms with Crippen LogP contribution in [0.25, 0.3) is 33.7 Å². The fourth-order valence-electron chi connectivity index (χ4n) is 5.83. The lowest BCUT2D eigenvalue weighted by Gasteiger charge is -2.47. The predicted molar refractivity (Wildman–Crippen MR) is 136 cm³/mol. The van der Waals surface area contributed by atoms with Gasteiger partial charge >= 0.3 is 5.97 Å². The fraction of sp³-hybridized carbons (Fsp3) is 0.296. The van der Waals surface area contributed by atoms with Gasteiger partial charge in [-0.2, -0.15) is 10.4 Å². The Labute approximate surface area is 212 Å². The summed E-state index contributed by atoms with van der Waals surface area (Å²) in [6.07, 6.45) is 3.97. The van der Waals surface area contributed by atoms with E-state index < -0.39 is 11.9 Å². The maximum atomic E-state index is 12.2. The first kappa shape index (κ1) is 22.5. The van der Waals surface area contributed by atoms with Crippen LogP contribution in [0.5, 0.6) is 0 Å². The Kier molecular flexibility index (Phi) is 5.57. The molecule has 7 rings (SSSR count). The van der Waals surface area contributed by atoms with Crippen molar-refractivity contribution < 1.29 is 9.90 Å². The standard InChI is InChI=1S/C27H23ClN6O2/c28-18-9-10-20-19(11-18)25(34-33-20)26-30-21(15-3-1-14(13-29)2-4-15)12-22(32-26)31-24-17-7-5-16(6-8-17)23(24)27(35)36/h1-4,9-12,16-17,23-24H,5-8H2,(H,33,34)(H,35,36)(H,30,31,32). The third kappa shape index (κ3) is 3.95. The topological polar surface area (TPSA) is 128 Å². The quantitative estimate of drug-likeness (QED) is 0.331. The van der Waals surface area contributed by atoms with Crippen molar-refractivity contribution in [2.24, 2.45) is 17.8 Å². The minimum atomic E-state index is -0.753. The average molecular weight is 499 g/mol. The molecule has 180 valence electrons. The van der Waals surface area contributed by atoms with Gasteiger partial charge in [0.2, 0.25) is 0 Å². The van der Waals surface area contributed by atoms with Crippen molar-refractivity contribution >= 4 is 34.3 Å². The first-order chi connectivity index (χ1) is 17.5. The largest absolute Gasteiger partial charge is 0.481 e. The van der Waals surface area contributed by atoms with Crippen LogP contribution in [0.3, 0.4) is 0 Å². The number of nitrogens with one attached hydrogen (secondary N) is 2. The van der Waals surface area contributed by atoms with Gasteiger partial charge in [0.15, 0.2) is 5.82 Å². The van der Waals surface area contributed by atoms with E-state index in [-0.39, 0.29) is 17.9 Å². The molecule has 8 nitrogen and oxygen atoms in total. The molecule has 3 N–H and O–H groups in total. The SMILES string of the molecule is N#Cc1ccc(-c2cc(NC3C4CCC(CC4)C3C(=O)O)nc(-c3n[nH]c4ccc(Cl)cc34)n2)cc1. The Bertz CT molecular complexity index is 1500. The molecule has 0 aliphatic heterocycles. The van der Waals surface area contributed by atoms with Crippen molar-refractivity contribution in [2.45, 2.75) is 31.7 Å². The number of halogens is 1. The molecule has 2 unspecified atom stereocenters. The van der Waals surface area contributed by atoms with Crippen molar-refractivity contribution in [3.05, 3.63) is 59.1 Å². The normalized spacial score (nSPS) is 22.9. The number of rotatable bonds is 5. The van der Waals surface area contributed by atoms with Crippen molar-refractivity contribution in [1.29, 1.82) is 5.26 Å². The molecule has 0 spiro atoms. The van der Waals surface area contributed by atoms with Gasteiger partial charge in [0.05, 0.1) is 28.8 Å². The van der Waals surface area contributed by atoms with Crippen LogP contribution in [0.1, 0.15) is 31.2 Å². The Morgan fingerprint density at radius 3 is 2.53 bits per heavy atom. The van der Waals surface area contributed by atoms with E-state index in [4.69, 9.17) is 21.6 Å². The minimum Gasteiger partial charge on any atom is -0.481 e. The number of anilines is 1. The van der Waals surface area contributed by atoms with Crippen LogP contribution < -0.4 is 5.32 Å². The second-order valence-corrected chi connectivity index (χ2v) is 10.1. The van der Waals surface area contributed by atoms with E-state index in [0.29, 0.717) is 33.6 Å². The number of carboxylic acids is 1. The number of nitriles is 1. The molecule has 2 bridgehead atoms. The van der Waals surface area contributed by atoms with Gasteiger partial charge < -0.3 is 10.4 Å². The van der Waals surface area contributed by atoms with E-state index in [1.807, 2.05) is 30.3 Å². The molecule has 9 heteroatoms. The van der Waals surface area contributed by atoms with Crippen molar-refractivity contribution in [3.8, 4) is 28.8 Å². The molecule has 2 aromatic carbocycles. The minimum absolute atomic E-state index is 0.182. The Balaban J connectivity index is 1.46. The number of carbonyl (C=O) groups is 1. The molecule has 3 saturated carbocycles. The maximum Gasteiger partial charge on any atom is 0.308 e. The highest BCUT2D eigenvalue weighted by molar-refractivity contribution is 6.31. The third-order valence-electron chi connectivity index (χ3n) is 7.59. The number of benzene rings is 2. The van der Waals surface area contributed by atoms with E-state index in [0.717, 1.165) is 42.1 Å².